The number of amidine groups is 1. The normalized spacial score (nSPS) is 11.0. The van der Waals surface area contributed by atoms with E-state index in [1.54, 1.807) is 12.1 Å². The quantitative estimate of drug-likeness (QED) is 0.169. The van der Waals surface area contributed by atoms with Crippen LogP contribution in [0.1, 0.15) is 23.6 Å². The fourth-order valence-electron chi connectivity index (χ4n) is 2.94. The molecule has 3 aromatic rings. The maximum Gasteiger partial charge on any atom is 0.282 e. The van der Waals surface area contributed by atoms with Crippen LogP contribution >= 0.6 is 12.2 Å². The summed E-state index contributed by atoms with van der Waals surface area (Å²) in [4.78, 5) is 13.8. The highest BCUT2D eigenvalue weighted by Crippen LogP contribution is 2.15. The summed E-state index contributed by atoms with van der Waals surface area (Å²) in [7, 11) is 0. The topological polar surface area (TPSA) is 90.4 Å². The lowest BCUT2D eigenvalue weighted by atomic mass is 10.1. The van der Waals surface area contributed by atoms with Gasteiger partial charge in [0.25, 0.3) is 16.6 Å². The molecule has 0 bridgehead atoms. The molecule has 0 aliphatic heterocycles. The molecule has 3 N–H and O–H groups in total. The number of nitrogens with zero attached hydrogens (tertiary/aromatic N) is 1. The van der Waals surface area contributed by atoms with E-state index in [2.05, 4.69) is 15.6 Å². The highest BCUT2D eigenvalue weighted by atomic mass is 32.1. The molecule has 8 heteroatoms. The first-order chi connectivity index (χ1) is 15.4. The molecule has 164 valence electrons. The molecule has 0 aliphatic rings. The second-order valence-electron chi connectivity index (χ2n) is 7.05. The van der Waals surface area contributed by atoms with Gasteiger partial charge in [0.05, 0.1) is 17.1 Å². The number of hydrogen-bond donors (Lipinski definition) is 3. The van der Waals surface area contributed by atoms with Crippen LogP contribution in [-0.2, 0) is 6.54 Å². The van der Waals surface area contributed by atoms with Gasteiger partial charge in [-0.2, -0.15) is 0 Å². The Hall–Kier alpha value is -3.78. The molecule has 0 atom stereocenters. The second-order valence-corrected chi connectivity index (χ2v) is 7.46. The molecule has 0 fully saturated rings. The molecule has 0 amide bonds. The third-order valence-electron chi connectivity index (χ3n) is 4.62. The van der Waals surface area contributed by atoms with Crippen LogP contribution in [-0.4, -0.2) is 22.5 Å². The van der Waals surface area contributed by atoms with Crippen LogP contribution in [0, 0.1) is 17.0 Å². The molecule has 0 aromatic heterocycles. The minimum absolute atomic E-state index is 0.0651. The summed E-state index contributed by atoms with van der Waals surface area (Å²) in [5, 5.41) is 17.7. The minimum atomic E-state index is -0.409. The van der Waals surface area contributed by atoms with E-state index in [0.29, 0.717) is 18.3 Å². The van der Waals surface area contributed by atoms with E-state index in [4.69, 9.17) is 17.0 Å². The first-order valence-corrected chi connectivity index (χ1v) is 10.6. The minimum Gasteiger partial charge on any atom is -0.494 e. The van der Waals surface area contributed by atoms with Crippen molar-refractivity contribution >= 4 is 34.5 Å². The van der Waals surface area contributed by atoms with Gasteiger partial charge in [0.2, 0.25) is 0 Å². The summed E-state index contributed by atoms with van der Waals surface area (Å²) in [6.07, 6.45) is 0. The van der Waals surface area contributed by atoms with Crippen LogP contribution < -0.4 is 20.4 Å². The summed E-state index contributed by atoms with van der Waals surface area (Å²) < 4.78 is 5.46. The van der Waals surface area contributed by atoms with Gasteiger partial charge >= 0.3 is 0 Å². The van der Waals surface area contributed by atoms with Gasteiger partial charge < -0.3 is 10.1 Å². The fourth-order valence-corrected chi connectivity index (χ4v) is 3.16. The molecular weight excluding hydrogens is 424 g/mol. The van der Waals surface area contributed by atoms with Crippen LogP contribution in [0.15, 0.2) is 72.8 Å². The standard InChI is InChI=1S/C24H24N4O3S/c1-3-31-22-14-10-20(11-15-22)26-24(32)27-23(19-8-4-17(2)5-9-19)25-16-18-6-12-21(13-7-18)28(29)30/h4-15H,3,16H2,1-2H3,(H2,25,26,27,32)/p+1. The van der Waals surface area contributed by atoms with Gasteiger partial charge in [-0.15, -0.1) is 0 Å². The summed E-state index contributed by atoms with van der Waals surface area (Å²) in [6, 6.07) is 22.0. The number of nitrogens with one attached hydrogen (secondary N) is 3. The van der Waals surface area contributed by atoms with Crippen molar-refractivity contribution in [1.82, 2.24) is 5.32 Å². The van der Waals surface area contributed by atoms with Crippen molar-refractivity contribution in [1.29, 1.82) is 0 Å². The molecule has 0 radical (unpaired) electrons. The van der Waals surface area contributed by atoms with E-state index in [-0.39, 0.29) is 5.69 Å². The molecule has 0 spiro atoms. The number of benzene rings is 3. The van der Waals surface area contributed by atoms with Crippen molar-refractivity contribution in [2.24, 2.45) is 0 Å². The van der Waals surface area contributed by atoms with E-state index in [0.717, 1.165) is 34.0 Å². The maximum absolute atomic E-state index is 10.9. The molecule has 0 unspecified atom stereocenters. The van der Waals surface area contributed by atoms with Crippen LogP contribution in [0.2, 0.25) is 0 Å². The molecule has 32 heavy (non-hydrogen) atoms. The van der Waals surface area contributed by atoms with Crippen LogP contribution in [0.5, 0.6) is 5.75 Å². The zero-order chi connectivity index (χ0) is 22.9. The average Bonchev–Trinajstić information content (AvgIpc) is 2.79. The molecule has 3 rings (SSSR count). The van der Waals surface area contributed by atoms with Crippen LogP contribution in [0.4, 0.5) is 11.4 Å². The Labute approximate surface area is 192 Å². The molecule has 0 aliphatic carbocycles. The number of ether oxygens (including phenoxy) is 1. The number of hydrogen-bond acceptors (Lipinski definition) is 4. The van der Waals surface area contributed by atoms with Gasteiger partial charge in [-0.1, -0.05) is 17.7 Å². The largest absolute Gasteiger partial charge is 0.494 e. The van der Waals surface area contributed by atoms with Gasteiger partial charge in [-0.25, -0.2) is 5.32 Å². The predicted molar refractivity (Wildman–Crippen MR) is 130 cm³/mol. The Balaban J connectivity index is 1.74. The fraction of sp³-hybridized carbons (Fsp3) is 0.167. The lowest BCUT2D eigenvalue weighted by molar-refractivity contribution is -0.476. The molecule has 7 nitrogen and oxygen atoms in total. The van der Waals surface area contributed by atoms with Crippen molar-refractivity contribution in [3.8, 4) is 5.75 Å². The number of anilines is 1. The Morgan fingerprint density at radius 2 is 1.69 bits per heavy atom. The van der Waals surface area contributed by atoms with Crippen LogP contribution in [0.3, 0.4) is 0 Å². The number of rotatable bonds is 7. The Kier molecular flexibility index (Phi) is 7.88. The zero-order valence-corrected chi connectivity index (χ0v) is 18.7. The first kappa shape index (κ1) is 22.9. The van der Waals surface area contributed by atoms with E-state index in [9.17, 15) is 10.1 Å². The highest BCUT2D eigenvalue weighted by Gasteiger charge is 2.14. The maximum atomic E-state index is 10.9. The lowest BCUT2D eigenvalue weighted by Gasteiger charge is -2.09. The number of nitro groups is 1. The molecular formula is C24H25N4O3S+. The SMILES string of the molecule is CCOc1ccc(NC(=S)NC(=[NH+]Cc2ccc([N+](=O)[O-])cc2)c2ccc(C)cc2)cc1. The lowest BCUT2D eigenvalue weighted by Crippen LogP contribution is -2.75. The average molecular weight is 450 g/mol. The van der Waals surface area contributed by atoms with Crippen molar-refractivity contribution < 1.29 is 14.7 Å². The van der Waals surface area contributed by atoms with Crippen molar-refractivity contribution in [3.05, 3.63) is 99.6 Å². The van der Waals surface area contributed by atoms with Gasteiger partial charge in [-0.3, -0.25) is 15.1 Å². The summed E-state index contributed by atoms with van der Waals surface area (Å²) in [6.45, 7) is 5.05. The van der Waals surface area contributed by atoms with E-state index < -0.39 is 4.92 Å². The van der Waals surface area contributed by atoms with E-state index in [1.807, 2.05) is 62.4 Å². The molecule has 0 saturated carbocycles. The third-order valence-corrected chi connectivity index (χ3v) is 4.82. The molecule has 0 saturated heterocycles. The van der Waals surface area contributed by atoms with Gasteiger partial charge in [0.15, 0.2) is 0 Å². The molecule has 3 aromatic carbocycles. The van der Waals surface area contributed by atoms with E-state index in [1.165, 1.54) is 12.1 Å². The second kappa shape index (κ2) is 11.0. The number of nitro benzene ring substituents is 1. The smallest absolute Gasteiger partial charge is 0.282 e. The van der Waals surface area contributed by atoms with Crippen molar-refractivity contribution in [2.75, 3.05) is 11.9 Å². The zero-order valence-electron chi connectivity index (χ0n) is 17.9. The number of aryl methyl sites for hydroxylation is 1. The highest BCUT2D eigenvalue weighted by molar-refractivity contribution is 7.80. The third kappa shape index (κ3) is 6.61. The Morgan fingerprint density at radius 1 is 1.03 bits per heavy atom. The monoisotopic (exact) mass is 449 g/mol. The number of thiocarbonyl (C=S) groups is 1. The Bertz CT molecular complexity index is 1100. The Morgan fingerprint density at radius 3 is 2.28 bits per heavy atom. The molecule has 0 heterocycles. The van der Waals surface area contributed by atoms with Crippen LogP contribution in [0.25, 0.3) is 0 Å². The van der Waals surface area contributed by atoms with Crippen molar-refractivity contribution in [2.45, 2.75) is 20.4 Å². The predicted octanol–water partition coefficient (Wildman–Crippen LogP) is 3.32. The first-order valence-electron chi connectivity index (χ1n) is 10.2. The van der Waals surface area contributed by atoms with Crippen molar-refractivity contribution in [3.63, 3.8) is 0 Å². The number of non-ortho nitro benzene ring substituents is 1. The van der Waals surface area contributed by atoms with Gasteiger partial charge in [0, 0.05) is 17.8 Å². The van der Waals surface area contributed by atoms with Gasteiger partial charge in [0.1, 0.15) is 12.3 Å². The van der Waals surface area contributed by atoms with Gasteiger partial charge in [-0.05, 0) is 80.2 Å². The summed E-state index contributed by atoms with van der Waals surface area (Å²) in [5.74, 6) is 1.53. The van der Waals surface area contributed by atoms with E-state index >= 15 is 0 Å². The summed E-state index contributed by atoms with van der Waals surface area (Å²) >= 11 is 5.51. The summed E-state index contributed by atoms with van der Waals surface area (Å²) in [5.41, 5.74) is 3.90.